The van der Waals surface area contributed by atoms with Crippen molar-refractivity contribution in [3.8, 4) is 22.6 Å². The van der Waals surface area contributed by atoms with Crippen molar-refractivity contribution >= 4 is 33.3 Å². The van der Waals surface area contributed by atoms with E-state index in [0.29, 0.717) is 57.2 Å². The Morgan fingerprint density at radius 2 is 1.66 bits per heavy atom. The average Bonchev–Trinajstić information content (AvgIpc) is 3.24. The van der Waals surface area contributed by atoms with Gasteiger partial charge in [-0.1, -0.05) is 44.2 Å². The number of aromatic nitrogens is 4. The van der Waals surface area contributed by atoms with E-state index in [9.17, 15) is 13.6 Å². The molecule has 3 aromatic heterocycles. The first-order valence-electron chi connectivity index (χ1n) is 19.5. The van der Waals surface area contributed by atoms with Gasteiger partial charge in [0, 0.05) is 61.2 Å². The number of pyridine rings is 2. The summed E-state index contributed by atoms with van der Waals surface area (Å²) in [7, 11) is 1.59. The molecule has 0 atom stereocenters. The summed E-state index contributed by atoms with van der Waals surface area (Å²) in [4.78, 5) is 32.3. The number of halogens is 3. The van der Waals surface area contributed by atoms with Crippen LogP contribution in [-0.4, -0.2) is 71.4 Å². The van der Waals surface area contributed by atoms with Gasteiger partial charge in [-0.2, -0.15) is 0 Å². The van der Waals surface area contributed by atoms with E-state index in [1.165, 1.54) is 36.7 Å². The lowest BCUT2D eigenvalue weighted by atomic mass is 10.0. The minimum atomic E-state index is -0.459. The second-order valence-corrected chi connectivity index (χ2v) is 13.5. The van der Waals surface area contributed by atoms with Gasteiger partial charge < -0.3 is 24.5 Å². The lowest BCUT2D eigenvalue weighted by Crippen LogP contribution is -2.37. The quantitative estimate of drug-likeness (QED) is 0.124. The van der Waals surface area contributed by atoms with E-state index in [2.05, 4.69) is 30.2 Å². The molecule has 10 nitrogen and oxygen atoms in total. The fraction of sp³-hybridized carbons (Fsp3) is 0.261. The normalized spacial score (nSPS) is 12.6. The van der Waals surface area contributed by atoms with E-state index >= 15 is 4.39 Å². The van der Waals surface area contributed by atoms with E-state index in [1.54, 1.807) is 62.0 Å². The van der Waals surface area contributed by atoms with Gasteiger partial charge in [-0.15, -0.1) is 0 Å². The Balaban J connectivity index is 0.000000519. The lowest BCUT2D eigenvalue weighted by Gasteiger charge is -2.26. The number of hydrogen-bond acceptors (Lipinski definition) is 9. The number of nitrogens with one attached hydrogen (secondary N) is 2. The molecule has 0 radical (unpaired) electrons. The summed E-state index contributed by atoms with van der Waals surface area (Å²) in [6, 6.07) is 22.4. The first-order valence-corrected chi connectivity index (χ1v) is 19.5. The molecule has 0 amide bonds. The second kappa shape index (κ2) is 20.4. The Labute approximate surface area is 341 Å². The van der Waals surface area contributed by atoms with Crippen LogP contribution in [0.2, 0.25) is 0 Å². The molecule has 1 aliphatic heterocycles. The molecule has 1 saturated heterocycles. The summed E-state index contributed by atoms with van der Waals surface area (Å²) in [6.45, 7) is 10.6. The predicted octanol–water partition coefficient (Wildman–Crippen LogP) is 9.42. The molecule has 2 N–H and O–H groups in total. The maximum Gasteiger partial charge on any atom is 0.200 e. The highest BCUT2D eigenvalue weighted by molar-refractivity contribution is 5.93. The van der Waals surface area contributed by atoms with Crippen LogP contribution in [0, 0.1) is 24.4 Å². The zero-order valence-corrected chi connectivity index (χ0v) is 33.5. The van der Waals surface area contributed by atoms with Gasteiger partial charge in [-0.25, -0.2) is 28.1 Å². The van der Waals surface area contributed by atoms with Crippen molar-refractivity contribution in [3.05, 3.63) is 148 Å². The maximum atomic E-state index is 15.6. The molecule has 0 bridgehead atoms. The SMILES string of the molecule is CC.COc1cc2ncnc(Cc3ccc(Nc4nccc5[nH]cc(-c6cccc(F)c6)c(=O)c45)cc3F)c2cc1OCCCN1CCOCC1.Cc1cccc(F)c1. The summed E-state index contributed by atoms with van der Waals surface area (Å²) in [5, 5.41) is 4.11. The summed E-state index contributed by atoms with van der Waals surface area (Å²) in [6.07, 6.45) is 5.60. The number of fused-ring (bicyclic) bond motifs is 2. The average molecular weight is 805 g/mol. The molecule has 1 aliphatic rings. The van der Waals surface area contributed by atoms with Gasteiger partial charge >= 0.3 is 0 Å². The van der Waals surface area contributed by atoms with Crippen LogP contribution in [0.5, 0.6) is 11.5 Å². The van der Waals surface area contributed by atoms with Gasteiger partial charge in [0.15, 0.2) is 11.5 Å². The van der Waals surface area contributed by atoms with Crippen LogP contribution in [0.3, 0.4) is 0 Å². The fourth-order valence-corrected chi connectivity index (χ4v) is 6.64. The van der Waals surface area contributed by atoms with Crippen LogP contribution >= 0.6 is 0 Å². The molecule has 0 saturated carbocycles. The summed E-state index contributed by atoms with van der Waals surface area (Å²) in [5.74, 6) is 0.317. The van der Waals surface area contributed by atoms with Crippen molar-refractivity contribution in [2.75, 3.05) is 51.9 Å². The van der Waals surface area contributed by atoms with Crippen molar-refractivity contribution in [2.45, 2.75) is 33.6 Å². The van der Waals surface area contributed by atoms with Crippen molar-refractivity contribution in [1.29, 1.82) is 0 Å². The molecule has 4 heterocycles. The van der Waals surface area contributed by atoms with Gasteiger partial charge in [0.1, 0.15) is 29.6 Å². The number of aryl methyl sites for hydroxylation is 1. The molecule has 0 spiro atoms. The highest BCUT2D eigenvalue weighted by atomic mass is 19.1. The van der Waals surface area contributed by atoms with E-state index in [1.807, 2.05) is 32.9 Å². The highest BCUT2D eigenvalue weighted by Crippen LogP contribution is 2.34. The third-order valence-electron chi connectivity index (χ3n) is 9.57. The maximum absolute atomic E-state index is 15.6. The Morgan fingerprint density at radius 3 is 2.37 bits per heavy atom. The topological polar surface area (TPSA) is 114 Å². The van der Waals surface area contributed by atoms with Crippen LogP contribution in [0.4, 0.5) is 24.7 Å². The standard InChI is InChI=1S/C37H34F2N6O4.C7H7F.C2H6/c1-47-33-20-32-27(19-34(33)49-13-3-10-45-11-14-48-15-12-45)31(42-22-43-32)17-24-6-7-26(18-29(24)39)44-37-35-30(8-9-40-37)41-21-28(36(35)46)23-4-2-5-25(38)16-23;1-6-3-2-4-7(8)5-6;1-2/h2,4-9,16,18-22H,3,10-15,17H2,1H3,(H,40,44)(H,41,46);2-5H,1H3;1-2H3. The number of morpholine rings is 1. The number of benzene rings is 4. The first-order chi connectivity index (χ1) is 28.7. The molecule has 0 aliphatic carbocycles. The minimum absolute atomic E-state index is 0.162. The Kier molecular flexibility index (Phi) is 14.6. The summed E-state index contributed by atoms with van der Waals surface area (Å²) >= 11 is 0. The number of anilines is 2. The number of rotatable bonds is 11. The lowest BCUT2D eigenvalue weighted by molar-refractivity contribution is 0.0357. The van der Waals surface area contributed by atoms with Gasteiger partial charge in [0.25, 0.3) is 0 Å². The molecule has 59 heavy (non-hydrogen) atoms. The van der Waals surface area contributed by atoms with Crippen molar-refractivity contribution in [3.63, 3.8) is 0 Å². The van der Waals surface area contributed by atoms with Gasteiger partial charge in [0.05, 0.1) is 49.0 Å². The molecule has 4 aromatic carbocycles. The smallest absolute Gasteiger partial charge is 0.200 e. The zero-order valence-electron chi connectivity index (χ0n) is 33.5. The van der Waals surface area contributed by atoms with E-state index in [-0.39, 0.29) is 28.9 Å². The number of methoxy groups -OCH3 is 1. The molecule has 13 heteroatoms. The van der Waals surface area contributed by atoms with Crippen LogP contribution in [0.15, 0.2) is 108 Å². The highest BCUT2D eigenvalue weighted by Gasteiger charge is 2.17. The van der Waals surface area contributed by atoms with Crippen LogP contribution in [0.1, 0.15) is 37.1 Å². The third-order valence-corrected chi connectivity index (χ3v) is 9.57. The van der Waals surface area contributed by atoms with E-state index in [0.717, 1.165) is 50.2 Å². The van der Waals surface area contributed by atoms with Gasteiger partial charge in [0.2, 0.25) is 5.43 Å². The van der Waals surface area contributed by atoms with E-state index < -0.39 is 11.6 Å². The molecule has 306 valence electrons. The molecule has 1 fully saturated rings. The van der Waals surface area contributed by atoms with Gasteiger partial charge in [-0.05, 0) is 78.6 Å². The monoisotopic (exact) mass is 804 g/mol. The number of aromatic amines is 1. The molecular formula is C46H47F3N6O4. The van der Waals surface area contributed by atoms with Crippen LogP contribution in [0.25, 0.3) is 32.9 Å². The summed E-state index contributed by atoms with van der Waals surface area (Å²) in [5.41, 5.74) is 4.02. The number of hydrogen-bond donors (Lipinski definition) is 2. The van der Waals surface area contributed by atoms with Gasteiger partial charge in [-0.3, -0.25) is 9.69 Å². The summed E-state index contributed by atoms with van der Waals surface area (Å²) < 4.78 is 58.9. The number of ether oxygens (including phenoxy) is 3. The van der Waals surface area contributed by atoms with Crippen molar-refractivity contribution < 1.29 is 27.4 Å². The Hall–Kier alpha value is -6.31. The fourth-order valence-electron chi connectivity index (χ4n) is 6.64. The van der Waals surface area contributed by atoms with Crippen molar-refractivity contribution in [1.82, 2.24) is 24.8 Å². The number of nitrogens with zero attached hydrogens (tertiary/aromatic N) is 4. The molecular weight excluding hydrogens is 758 g/mol. The molecule has 0 unspecified atom stereocenters. The first kappa shape index (κ1) is 42.3. The third kappa shape index (κ3) is 10.8. The van der Waals surface area contributed by atoms with Crippen LogP contribution < -0.4 is 20.2 Å². The largest absolute Gasteiger partial charge is 0.493 e. The Bertz CT molecular complexity index is 2550. The molecule has 7 aromatic rings. The Morgan fingerprint density at radius 1 is 0.881 bits per heavy atom. The second-order valence-electron chi connectivity index (χ2n) is 13.5. The van der Waals surface area contributed by atoms with Crippen LogP contribution in [-0.2, 0) is 11.2 Å². The predicted molar refractivity (Wildman–Crippen MR) is 226 cm³/mol. The van der Waals surface area contributed by atoms with Crippen molar-refractivity contribution in [2.24, 2.45) is 0 Å². The van der Waals surface area contributed by atoms with E-state index in [4.69, 9.17) is 14.2 Å². The number of H-pyrrole nitrogens is 1. The molecule has 8 rings (SSSR count). The minimum Gasteiger partial charge on any atom is -0.493 e. The zero-order chi connectivity index (χ0) is 41.7.